The fraction of sp³-hybridized carbons (Fsp3) is 0.485. The number of fused-ring (bicyclic) bond motifs is 1. The molecule has 2 heterocycles. The molecule has 5 rings (SSSR count). The zero-order valence-electron chi connectivity index (χ0n) is 25.6. The van der Waals surface area contributed by atoms with Gasteiger partial charge in [0.15, 0.2) is 0 Å². The van der Waals surface area contributed by atoms with Crippen molar-refractivity contribution < 1.29 is 23.6 Å². The number of rotatable bonds is 7. The predicted molar refractivity (Wildman–Crippen MR) is 160 cm³/mol. The van der Waals surface area contributed by atoms with Crippen molar-refractivity contribution in [2.45, 2.75) is 84.5 Å². The Morgan fingerprint density at radius 2 is 1.93 bits per heavy atom. The molecule has 10 nitrogen and oxygen atoms in total. The summed E-state index contributed by atoms with van der Waals surface area (Å²) in [5.41, 5.74) is 3.09. The highest BCUT2D eigenvalue weighted by molar-refractivity contribution is 5.83. The van der Waals surface area contributed by atoms with Gasteiger partial charge in [-0.3, -0.25) is 9.69 Å². The van der Waals surface area contributed by atoms with E-state index >= 15 is 0 Å². The molecule has 1 unspecified atom stereocenters. The van der Waals surface area contributed by atoms with Crippen LogP contribution in [0.3, 0.4) is 0 Å². The molecule has 0 bridgehead atoms. The normalized spacial score (nSPS) is 16.5. The standard InChI is InChI=1S/C33H39N5O5/c1-21(2)41-28-15-14-22(18-23(28)19-34)31-35-30(36-43-31)26-12-8-11-25-24(26)10-9-13-27(25)38(32(40)42-33(3,4)5)20-29(39)37-16-6-7-17-37/h8,11-12,14-15,18,21,27H,6-7,9-10,13,16-17,20H2,1-5H3. The van der Waals surface area contributed by atoms with E-state index in [2.05, 4.69) is 16.2 Å². The first-order valence-corrected chi connectivity index (χ1v) is 15.0. The second-order valence-electron chi connectivity index (χ2n) is 12.4. The maximum absolute atomic E-state index is 13.5. The van der Waals surface area contributed by atoms with Gasteiger partial charge in [0.1, 0.15) is 24.0 Å². The average molecular weight is 586 g/mol. The Morgan fingerprint density at radius 1 is 1.16 bits per heavy atom. The summed E-state index contributed by atoms with van der Waals surface area (Å²) in [4.78, 5) is 34.9. The van der Waals surface area contributed by atoms with E-state index < -0.39 is 11.7 Å². The molecule has 1 aliphatic heterocycles. The van der Waals surface area contributed by atoms with Crippen molar-refractivity contribution in [2.75, 3.05) is 19.6 Å². The number of hydrogen-bond donors (Lipinski definition) is 0. The van der Waals surface area contributed by atoms with Crippen molar-refractivity contribution in [1.29, 1.82) is 5.26 Å². The molecule has 1 aliphatic carbocycles. The van der Waals surface area contributed by atoms with Crippen LogP contribution in [0.4, 0.5) is 4.79 Å². The van der Waals surface area contributed by atoms with E-state index in [0.717, 1.165) is 55.5 Å². The van der Waals surface area contributed by atoms with Crippen LogP contribution in [0, 0.1) is 11.3 Å². The number of carbonyl (C=O) groups excluding carboxylic acids is 2. The Balaban J connectivity index is 1.46. The maximum atomic E-state index is 13.5. The van der Waals surface area contributed by atoms with E-state index in [9.17, 15) is 14.9 Å². The fourth-order valence-corrected chi connectivity index (χ4v) is 5.75. The highest BCUT2D eigenvalue weighted by atomic mass is 16.6. The molecular weight excluding hydrogens is 546 g/mol. The van der Waals surface area contributed by atoms with E-state index in [1.807, 2.05) is 57.7 Å². The molecule has 2 aliphatic rings. The van der Waals surface area contributed by atoms with Gasteiger partial charge in [-0.1, -0.05) is 23.4 Å². The third kappa shape index (κ3) is 6.82. The van der Waals surface area contributed by atoms with E-state index in [1.165, 1.54) is 0 Å². The maximum Gasteiger partial charge on any atom is 0.411 e. The van der Waals surface area contributed by atoms with Crippen LogP contribution in [-0.4, -0.2) is 63.3 Å². The minimum Gasteiger partial charge on any atom is -0.490 e. The summed E-state index contributed by atoms with van der Waals surface area (Å²) in [6.07, 6.45) is 3.70. The second kappa shape index (κ2) is 12.5. The van der Waals surface area contributed by atoms with Crippen LogP contribution >= 0.6 is 0 Å². The van der Waals surface area contributed by atoms with Crippen molar-refractivity contribution in [1.82, 2.24) is 19.9 Å². The van der Waals surface area contributed by atoms with Gasteiger partial charge in [0.25, 0.3) is 5.89 Å². The van der Waals surface area contributed by atoms with Crippen LogP contribution < -0.4 is 4.74 Å². The zero-order chi connectivity index (χ0) is 30.7. The smallest absolute Gasteiger partial charge is 0.411 e. The molecule has 0 N–H and O–H groups in total. The number of nitrogens with zero attached hydrogens (tertiary/aromatic N) is 5. The average Bonchev–Trinajstić information content (AvgIpc) is 3.68. The molecule has 3 aromatic rings. The highest BCUT2D eigenvalue weighted by Crippen LogP contribution is 2.40. The highest BCUT2D eigenvalue weighted by Gasteiger charge is 2.36. The molecule has 10 heteroatoms. The SMILES string of the molecule is CC(C)Oc1ccc(-c2nc(-c3cccc4c3CCCC4N(CC(=O)N3CCCC3)C(=O)OC(C)(C)C)no2)cc1C#N. The number of amides is 2. The lowest BCUT2D eigenvalue weighted by atomic mass is 9.84. The van der Waals surface area contributed by atoms with Crippen LogP contribution in [0.1, 0.15) is 83.0 Å². The minimum absolute atomic E-state index is 0.0344. The summed E-state index contributed by atoms with van der Waals surface area (Å²) in [7, 11) is 0. The topological polar surface area (TPSA) is 122 Å². The summed E-state index contributed by atoms with van der Waals surface area (Å²) < 4.78 is 17.2. The van der Waals surface area contributed by atoms with Gasteiger partial charge in [-0.2, -0.15) is 10.2 Å². The third-order valence-corrected chi connectivity index (χ3v) is 7.62. The first kappa shape index (κ1) is 30.1. The monoisotopic (exact) mass is 585 g/mol. The molecule has 0 spiro atoms. The molecule has 2 amide bonds. The van der Waals surface area contributed by atoms with Gasteiger partial charge in [-0.15, -0.1) is 0 Å². The quantitative estimate of drug-likeness (QED) is 0.317. The molecule has 1 saturated heterocycles. The Morgan fingerprint density at radius 3 is 2.63 bits per heavy atom. The van der Waals surface area contributed by atoms with Gasteiger partial charge in [0.05, 0.1) is 17.7 Å². The number of likely N-dealkylation sites (tertiary alicyclic amines) is 1. The lowest BCUT2D eigenvalue weighted by Crippen LogP contribution is -2.46. The Labute approximate surface area is 252 Å². The molecular formula is C33H39N5O5. The van der Waals surface area contributed by atoms with Gasteiger partial charge in [0.2, 0.25) is 11.7 Å². The molecule has 1 atom stereocenters. The van der Waals surface area contributed by atoms with Crippen molar-refractivity contribution >= 4 is 12.0 Å². The third-order valence-electron chi connectivity index (χ3n) is 7.62. The summed E-state index contributed by atoms with van der Waals surface area (Å²) in [5, 5.41) is 13.9. The lowest BCUT2D eigenvalue weighted by Gasteiger charge is -2.37. The fourth-order valence-electron chi connectivity index (χ4n) is 5.75. The molecule has 43 heavy (non-hydrogen) atoms. The van der Waals surface area contributed by atoms with E-state index in [1.54, 1.807) is 23.1 Å². The molecule has 0 saturated carbocycles. The number of ether oxygens (including phenoxy) is 2. The predicted octanol–water partition coefficient (Wildman–Crippen LogP) is 6.30. The Hall–Kier alpha value is -4.39. The van der Waals surface area contributed by atoms with Crippen LogP contribution in [0.2, 0.25) is 0 Å². The van der Waals surface area contributed by atoms with Crippen LogP contribution in [-0.2, 0) is 16.0 Å². The summed E-state index contributed by atoms with van der Waals surface area (Å²) in [6.45, 7) is 10.7. The summed E-state index contributed by atoms with van der Waals surface area (Å²) >= 11 is 0. The van der Waals surface area contributed by atoms with Crippen LogP contribution in [0.5, 0.6) is 5.75 Å². The first-order valence-electron chi connectivity index (χ1n) is 15.0. The largest absolute Gasteiger partial charge is 0.490 e. The van der Waals surface area contributed by atoms with Gasteiger partial charge in [-0.25, -0.2) is 4.79 Å². The van der Waals surface area contributed by atoms with Gasteiger partial charge >= 0.3 is 6.09 Å². The van der Waals surface area contributed by atoms with Crippen molar-refractivity contribution in [3.05, 3.63) is 53.1 Å². The lowest BCUT2D eigenvalue weighted by molar-refractivity contribution is -0.132. The summed E-state index contributed by atoms with van der Waals surface area (Å²) in [5.74, 6) is 1.16. The molecule has 0 radical (unpaired) electrons. The first-order chi connectivity index (χ1) is 20.5. The molecule has 226 valence electrons. The van der Waals surface area contributed by atoms with Gasteiger partial charge < -0.3 is 18.9 Å². The van der Waals surface area contributed by atoms with Crippen molar-refractivity contribution in [3.8, 4) is 34.7 Å². The Kier molecular flexibility index (Phi) is 8.71. The van der Waals surface area contributed by atoms with E-state index in [0.29, 0.717) is 35.0 Å². The number of benzene rings is 2. The zero-order valence-corrected chi connectivity index (χ0v) is 25.6. The van der Waals surface area contributed by atoms with Crippen LogP contribution in [0.15, 0.2) is 40.9 Å². The van der Waals surface area contributed by atoms with E-state index in [4.69, 9.17) is 14.0 Å². The number of nitriles is 1. The molecule has 1 aromatic heterocycles. The second-order valence-corrected chi connectivity index (χ2v) is 12.4. The Bertz CT molecular complexity index is 1530. The summed E-state index contributed by atoms with van der Waals surface area (Å²) in [6, 6.07) is 12.9. The van der Waals surface area contributed by atoms with Crippen LogP contribution in [0.25, 0.3) is 22.8 Å². The molecule has 1 fully saturated rings. The minimum atomic E-state index is -0.697. The van der Waals surface area contributed by atoms with Gasteiger partial charge in [0, 0.05) is 24.2 Å². The number of hydrogen-bond acceptors (Lipinski definition) is 8. The van der Waals surface area contributed by atoms with Crippen molar-refractivity contribution in [2.24, 2.45) is 0 Å². The molecule has 2 aromatic carbocycles. The number of aromatic nitrogens is 2. The number of carbonyl (C=O) groups is 2. The van der Waals surface area contributed by atoms with E-state index in [-0.39, 0.29) is 24.6 Å². The van der Waals surface area contributed by atoms with Crippen molar-refractivity contribution in [3.63, 3.8) is 0 Å². The van der Waals surface area contributed by atoms with Gasteiger partial charge in [-0.05, 0) is 96.0 Å².